The summed E-state index contributed by atoms with van der Waals surface area (Å²) >= 11 is 5.83. The largest absolute Gasteiger partial charge is 0.462 e. The average Bonchev–Trinajstić information content (AvgIpc) is 2.60. The second-order valence-corrected chi connectivity index (χ2v) is 5.53. The Hall–Kier alpha value is -2.87. The van der Waals surface area contributed by atoms with Crippen molar-refractivity contribution in [3.63, 3.8) is 0 Å². The third-order valence-corrected chi connectivity index (χ3v) is 3.61. The van der Waals surface area contributed by atoms with E-state index < -0.39 is 46.2 Å². The molecule has 2 rings (SSSR count). The number of rotatable bonds is 6. The number of benzene rings is 2. The number of carbonyl (C=O) groups is 2. The first-order valence-corrected chi connectivity index (χ1v) is 7.90. The molecular weight excluding hydrogens is 390 g/mol. The van der Waals surface area contributed by atoms with Gasteiger partial charge in [0, 0.05) is 12.3 Å². The molecule has 0 atom stereocenters. The van der Waals surface area contributed by atoms with E-state index in [0.29, 0.717) is 6.07 Å². The first-order chi connectivity index (χ1) is 12.7. The number of halogens is 5. The third-order valence-electron chi connectivity index (χ3n) is 3.30. The minimum atomic E-state index is -1.48. The van der Waals surface area contributed by atoms with Gasteiger partial charge in [0.05, 0.1) is 22.9 Å². The van der Waals surface area contributed by atoms with E-state index in [9.17, 15) is 27.2 Å². The molecule has 4 nitrogen and oxygen atoms in total. The van der Waals surface area contributed by atoms with E-state index in [-0.39, 0.29) is 23.4 Å². The van der Waals surface area contributed by atoms with Crippen LogP contribution >= 0.6 is 11.6 Å². The zero-order chi connectivity index (χ0) is 20.1. The minimum Gasteiger partial charge on any atom is -0.462 e. The van der Waals surface area contributed by atoms with Gasteiger partial charge in [-0.05, 0) is 31.2 Å². The molecule has 0 aliphatic rings. The summed E-state index contributed by atoms with van der Waals surface area (Å²) in [7, 11) is 0. The normalized spacial score (nSPS) is 11.3. The highest BCUT2D eigenvalue weighted by molar-refractivity contribution is 6.33. The monoisotopic (exact) mass is 401 g/mol. The molecule has 0 unspecified atom stereocenters. The van der Waals surface area contributed by atoms with Crippen LogP contribution < -0.4 is 5.32 Å². The van der Waals surface area contributed by atoms with Gasteiger partial charge in [-0.2, -0.15) is 0 Å². The summed E-state index contributed by atoms with van der Waals surface area (Å²) in [6, 6.07) is 3.82. The Labute approximate surface area is 156 Å². The summed E-state index contributed by atoms with van der Waals surface area (Å²) in [6.45, 7) is 1.38. The zero-order valence-corrected chi connectivity index (χ0v) is 14.5. The summed E-state index contributed by atoms with van der Waals surface area (Å²) in [5.41, 5.74) is -1.42. The van der Waals surface area contributed by atoms with Crippen molar-refractivity contribution in [1.82, 2.24) is 0 Å². The summed E-state index contributed by atoms with van der Waals surface area (Å²) in [4.78, 5) is 24.5. The quantitative estimate of drug-likeness (QED) is 0.146. The molecule has 0 heterocycles. The van der Waals surface area contributed by atoms with Crippen molar-refractivity contribution in [3.05, 3.63) is 76.0 Å². The number of ketones is 1. The molecule has 2 aromatic rings. The minimum absolute atomic E-state index is 0.0547. The highest BCUT2D eigenvalue weighted by atomic mass is 35.5. The maximum Gasteiger partial charge on any atom is 0.343 e. The molecule has 1 N–H and O–H groups in total. The Morgan fingerprint density at radius 3 is 2.37 bits per heavy atom. The molecule has 0 saturated carbocycles. The molecule has 0 radical (unpaired) electrons. The van der Waals surface area contributed by atoms with Crippen LogP contribution in [0, 0.1) is 23.3 Å². The lowest BCUT2D eigenvalue weighted by Crippen LogP contribution is -2.19. The fraction of sp³-hybridized carbons (Fsp3) is 0.111. The van der Waals surface area contributed by atoms with Gasteiger partial charge in [0.1, 0.15) is 17.2 Å². The van der Waals surface area contributed by atoms with E-state index in [1.54, 1.807) is 0 Å². The van der Waals surface area contributed by atoms with E-state index in [4.69, 9.17) is 16.3 Å². The zero-order valence-electron chi connectivity index (χ0n) is 13.8. The molecule has 27 heavy (non-hydrogen) atoms. The highest BCUT2D eigenvalue weighted by Crippen LogP contribution is 2.23. The lowest BCUT2D eigenvalue weighted by atomic mass is 10.0. The summed E-state index contributed by atoms with van der Waals surface area (Å²) < 4.78 is 58.1. The predicted molar refractivity (Wildman–Crippen MR) is 90.4 cm³/mol. The molecule has 0 spiro atoms. The topological polar surface area (TPSA) is 55.4 Å². The number of hydrogen-bond acceptors (Lipinski definition) is 4. The number of nitrogens with one attached hydrogen (secondary N) is 1. The van der Waals surface area contributed by atoms with Gasteiger partial charge in [-0.15, -0.1) is 0 Å². The van der Waals surface area contributed by atoms with E-state index in [1.807, 2.05) is 0 Å². The highest BCUT2D eigenvalue weighted by Gasteiger charge is 2.25. The van der Waals surface area contributed by atoms with Crippen molar-refractivity contribution < 1.29 is 31.9 Å². The summed E-state index contributed by atoms with van der Waals surface area (Å²) in [5.74, 6) is -7.28. The molecule has 0 amide bonds. The number of hydrogen-bond donors (Lipinski definition) is 1. The number of carbonyl (C=O) groups excluding carboxylic acids is 2. The van der Waals surface area contributed by atoms with E-state index >= 15 is 0 Å². The van der Waals surface area contributed by atoms with Crippen LogP contribution in [0.2, 0.25) is 5.02 Å². The summed E-state index contributed by atoms with van der Waals surface area (Å²) in [6.07, 6.45) is 0.861. The van der Waals surface area contributed by atoms with Crippen LogP contribution in [0.5, 0.6) is 0 Å². The first kappa shape index (κ1) is 20.4. The fourth-order valence-electron chi connectivity index (χ4n) is 2.02. The molecule has 0 saturated heterocycles. The Balaban J connectivity index is 2.43. The van der Waals surface area contributed by atoms with E-state index in [2.05, 4.69) is 5.32 Å². The molecule has 0 bridgehead atoms. The standard InChI is InChI=1S/C18H12ClF4NO3/c1-2-27-18(26)11(8-24-16-4-3-9(20)5-12(16)19)17(25)10-6-14(22)15(23)7-13(10)21/h3-8,24H,2H2,1H3/b11-8-. The maximum atomic E-state index is 13.9. The lowest BCUT2D eigenvalue weighted by molar-refractivity contribution is -0.138. The molecule has 2 aromatic carbocycles. The second-order valence-electron chi connectivity index (χ2n) is 5.12. The van der Waals surface area contributed by atoms with Gasteiger partial charge in [0.25, 0.3) is 0 Å². The number of Topliss-reactive ketones (excluding diaryl/α,β-unsaturated/α-hetero) is 1. The predicted octanol–water partition coefficient (Wildman–Crippen LogP) is 4.64. The maximum absolute atomic E-state index is 13.9. The lowest BCUT2D eigenvalue weighted by Gasteiger charge is -2.10. The Kier molecular flexibility index (Phi) is 6.57. The molecule has 0 aliphatic heterocycles. The van der Waals surface area contributed by atoms with Crippen molar-refractivity contribution in [3.8, 4) is 0 Å². The van der Waals surface area contributed by atoms with E-state index in [0.717, 1.165) is 18.3 Å². The van der Waals surface area contributed by atoms with Crippen molar-refractivity contribution in [2.45, 2.75) is 6.92 Å². The van der Waals surface area contributed by atoms with Crippen LogP contribution in [0.25, 0.3) is 0 Å². The molecule has 0 aliphatic carbocycles. The van der Waals surface area contributed by atoms with Crippen LogP contribution in [-0.2, 0) is 9.53 Å². The van der Waals surface area contributed by atoms with Crippen LogP contribution in [0.1, 0.15) is 17.3 Å². The number of anilines is 1. The van der Waals surface area contributed by atoms with Crippen molar-refractivity contribution in [2.24, 2.45) is 0 Å². The Bertz CT molecular complexity index is 931. The average molecular weight is 402 g/mol. The molecule has 9 heteroatoms. The van der Waals surface area contributed by atoms with Gasteiger partial charge in [0.2, 0.25) is 5.78 Å². The van der Waals surface area contributed by atoms with Crippen LogP contribution in [0.4, 0.5) is 23.2 Å². The first-order valence-electron chi connectivity index (χ1n) is 7.52. The number of esters is 1. The van der Waals surface area contributed by atoms with Gasteiger partial charge in [-0.25, -0.2) is 22.4 Å². The fourth-order valence-corrected chi connectivity index (χ4v) is 2.25. The second kappa shape index (κ2) is 8.68. The molecular formula is C18H12ClF4NO3. The van der Waals surface area contributed by atoms with Gasteiger partial charge >= 0.3 is 5.97 Å². The Morgan fingerprint density at radius 1 is 1.07 bits per heavy atom. The third kappa shape index (κ3) is 4.85. The SMILES string of the molecule is CCOC(=O)/C(=C\Nc1ccc(F)cc1Cl)C(=O)c1cc(F)c(F)cc1F. The smallest absolute Gasteiger partial charge is 0.343 e. The van der Waals surface area contributed by atoms with Gasteiger partial charge in [0.15, 0.2) is 11.6 Å². The summed E-state index contributed by atoms with van der Waals surface area (Å²) in [5, 5.41) is 2.45. The van der Waals surface area contributed by atoms with Crippen molar-refractivity contribution in [1.29, 1.82) is 0 Å². The van der Waals surface area contributed by atoms with Gasteiger partial charge < -0.3 is 10.1 Å². The molecule has 0 fully saturated rings. The van der Waals surface area contributed by atoms with Crippen LogP contribution in [0.3, 0.4) is 0 Å². The van der Waals surface area contributed by atoms with Gasteiger partial charge in [-0.1, -0.05) is 11.6 Å². The van der Waals surface area contributed by atoms with Crippen molar-refractivity contribution >= 4 is 29.0 Å². The van der Waals surface area contributed by atoms with Gasteiger partial charge in [-0.3, -0.25) is 4.79 Å². The van der Waals surface area contributed by atoms with E-state index in [1.165, 1.54) is 13.0 Å². The van der Waals surface area contributed by atoms with Crippen LogP contribution in [0.15, 0.2) is 42.1 Å². The molecule has 0 aromatic heterocycles. The Morgan fingerprint density at radius 2 is 1.74 bits per heavy atom. The molecule has 142 valence electrons. The number of ether oxygens (including phenoxy) is 1. The van der Waals surface area contributed by atoms with Crippen LogP contribution in [-0.4, -0.2) is 18.4 Å². The van der Waals surface area contributed by atoms with Crippen molar-refractivity contribution in [2.75, 3.05) is 11.9 Å².